The first-order valence-electron chi connectivity index (χ1n) is 6.53. The molecule has 2 heterocycles. The zero-order valence-electron chi connectivity index (χ0n) is 11.6. The highest BCUT2D eigenvalue weighted by Crippen LogP contribution is 2.18. The van der Waals surface area contributed by atoms with Gasteiger partial charge in [0.05, 0.1) is 13.7 Å². The largest absolute Gasteiger partial charge is 0.453 e. The lowest BCUT2D eigenvalue weighted by Crippen LogP contribution is -2.51. The van der Waals surface area contributed by atoms with Gasteiger partial charge in [-0.15, -0.1) is 10.2 Å². The third-order valence-electron chi connectivity index (χ3n) is 3.20. The smallest absolute Gasteiger partial charge is 0.410 e. The molecule has 1 aromatic heterocycles. The molecule has 1 fully saturated rings. The Bertz CT molecular complexity index is 488. The summed E-state index contributed by atoms with van der Waals surface area (Å²) < 4.78 is 9.88. The number of hydrogen-bond donors (Lipinski definition) is 1. The number of ether oxygens (including phenoxy) is 1. The normalized spacial score (nSPS) is 18.7. The van der Waals surface area contributed by atoms with E-state index in [-0.39, 0.29) is 12.5 Å². The minimum absolute atomic E-state index is 0.158. The van der Waals surface area contributed by atoms with E-state index in [1.54, 1.807) is 6.92 Å². The molecule has 8 heteroatoms. The van der Waals surface area contributed by atoms with Crippen molar-refractivity contribution in [2.24, 2.45) is 0 Å². The third kappa shape index (κ3) is 3.25. The molecule has 20 heavy (non-hydrogen) atoms. The van der Waals surface area contributed by atoms with Crippen molar-refractivity contribution in [2.75, 3.05) is 13.7 Å². The number of carbonyl (C=O) groups excluding carboxylic acids is 2. The molecule has 1 unspecified atom stereocenters. The molecule has 0 bridgehead atoms. The van der Waals surface area contributed by atoms with Gasteiger partial charge in [-0.1, -0.05) is 0 Å². The highest BCUT2D eigenvalue weighted by Gasteiger charge is 2.32. The molecular weight excluding hydrogens is 264 g/mol. The van der Waals surface area contributed by atoms with Crippen LogP contribution in [-0.2, 0) is 16.1 Å². The van der Waals surface area contributed by atoms with Gasteiger partial charge < -0.3 is 14.5 Å². The van der Waals surface area contributed by atoms with Gasteiger partial charge in [-0.25, -0.2) is 4.79 Å². The standard InChI is InChI=1S/C12H18N4O4/c1-8-14-15-10(20-8)7-13-11(17)9-5-3-4-6-16(9)12(18)19-2/h9H,3-7H2,1-2H3,(H,13,17). The van der Waals surface area contributed by atoms with Crippen LogP contribution >= 0.6 is 0 Å². The maximum absolute atomic E-state index is 12.2. The second-order valence-corrected chi connectivity index (χ2v) is 4.61. The zero-order valence-corrected chi connectivity index (χ0v) is 11.6. The number of aryl methyl sites for hydroxylation is 1. The molecule has 1 N–H and O–H groups in total. The van der Waals surface area contributed by atoms with Crippen molar-refractivity contribution in [1.82, 2.24) is 20.4 Å². The van der Waals surface area contributed by atoms with Gasteiger partial charge in [-0.05, 0) is 19.3 Å². The Morgan fingerprint density at radius 2 is 2.25 bits per heavy atom. The predicted molar refractivity (Wildman–Crippen MR) is 67.6 cm³/mol. The Hall–Kier alpha value is -2.12. The molecule has 1 aromatic rings. The Morgan fingerprint density at radius 3 is 2.90 bits per heavy atom. The van der Waals surface area contributed by atoms with Crippen LogP contribution in [0.25, 0.3) is 0 Å². The molecule has 0 aromatic carbocycles. The van der Waals surface area contributed by atoms with Gasteiger partial charge in [0.1, 0.15) is 6.04 Å². The number of aromatic nitrogens is 2. The summed E-state index contributed by atoms with van der Waals surface area (Å²) in [5.74, 6) is 0.560. The lowest BCUT2D eigenvalue weighted by Gasteiger charge is -2.33. The predicted octanol–water partition coefficient (Wildman–Crippen LogP) is 0.615. The van der Waals surface area contributed by atoms with Crippen LogP contribution in [0.1, 0.15) is 31.0 Å². The number of nitrogens with zero attached hydrogens (tertiary/aromatic N) is 3. The number of nitrogens with one attached hydrogen (secondary N) is 1. The monoisotopic (exact) mass is 282 g/mol. The van der Waals surface area contributed by atoms with Gasteiger partial charge in [-0.3, -0.25) is 9.69 Å². The fourth-order valence-corrected chi connectivity index (χ4v) is 2.23. The highest BCUT2D eigenvalue weighted by atomic mass is 16.5. The molecule has 0 radical (unpaired) electrons. The number of hydrogen-bond acceptors (Lipinski definition) is 6. The van der Waals surface area contributed by atoms with E-state index in [0.29, 0.717) is 24.7 Å². The fourth-order valence-electron chi connectivity index (χ4n) is 2.23. The van der Waals surface area contributed by atoms with E-state index < -0.39 is 12.1 Å². The molecule has 110 valence electrons. The second kappa shape index (κ2) is 6.36. The van der Waals surface area contributed by atoms with Crippen LogP contribution in [0.4, 0.5) is 4.79 Å². The average molecular weight is 282 g/mol. The zero-order chi connectivity index (χ0) is 14.5. The van der Waals surface area contributed by atoms with Gasteiger partial charge in [0.25, 0.3) is 0 Å². The molecule has 1 saturated heterocycles. The summed E-state index contributed by atoms with van der Waals surface area (Å²) in [6.07, 6.45) is 1.94. The molecule has 1 atom stereocenters. The van der Waals surface area contributed by atoms with E-state index in [0.717, 1.165) is 12.8 Å². The van der Waals surface area contributed by atoms with E-state index >= 15 is 0 Å². The SMILES string of the molecule is COC(=O)N1CCCCC1C(=O)NCc1nnc(C)o1. The van der Waals surface area contributed by atoms with Gasteiger partial charge in [0.15, 0.2) is 0 Å². The third-order valence-corrected chi connectivity index (χ3v) is 3.20. The quantitative estimate of drug-likeness (QED) is 0.872. The summed E-state index contributed by atoms with van der Waals surface area (Å²) in [6, 6.07) is -0.500. The minimum atomic E-state index is -0.500. The summed E-state index contributed by atoms with van der Waals surface area (Å²) in [5.41, 5.74) is 0. The van der Waals surface area contributed by atoms with Crippen LogP contribution in [0.15, 0.2) is 4.42 Å². The fraction of sp³-hybridized carbons (Fsp3) is 0.667. The first-order valence-corrected chi connectivity index (χ1v) is 6.53. The van der Waals surface area contributed by atoms with Crippen LogP contribution in [0.2, 0.25) is 0 Å². The van der Waals surface area contributed by atoms with Crippen molar-refractivity contribution in [2.45, 2.75) is 38.8 Å². The minimum Gasteiger partial charge on any atom is -0.453 e. The van der Waals surface area contributed by atoms with Crippen LogP contribution in [0, 0.1) is 6.92 Å². The van der Waals surface area contributed by atoms with E-state index in [1.165, 1.54) is 12.0 Å². The van der Waals surface area contributed by atoms with E-state index in [9.17, 15) is 9.59 Å². The number of rotatable bonds is 3. The topological polar surface area (TPSA) is 97.6 Å². The molecule has 1 aliphatic rings. The number of amides is 2. The lowest BCUT2D eigenvalue weighted by atomic mass is 10.0. The van der Waals surface area contributed by atoms with Crippen molar-refractivity contribution < 1.29 is 18.7 Å². The average Bonchev–Trinajstić information content (AvgIpc) is 2.89. The molecule has 2 rings (SSSR count). The van der Waals surface area contributed by atoms with Crippen molar-refractivity contribution >= 4 is 12.0 Å². The summed E-state index contributed by atoms with van der Waals surface area (Å²) in [7, 11) is 1.31. The number of likely N-dealkylation sites (tertiary alicyclic amines) is 1. The molecule has 0 saturated carbocycles. The van der Waals surface area contributed by atoms with E-state index in [2.05, 4.69) is 15.5 Å². The van der Waals surface area contributed by atoms with Gasteiger partial charge in [0.2, 0.25) is 17.7 Å². The maximum atomic E-state index is 12.2. The first-order chi connectivity index (χ1) is 9.61. The summed E-state index contributed by atoms with van der Waals surface area (Å²) >= 11 is 0. The van der Waals surface area contributed by atoms with Crippen molar-refractivity contribution in [3.63, 3.8) is 0 Å². The van der Waals surface area contributed by atoms with Crippen molar-refractivity contribution in [3.8, 4) is 0 Å². The van der Waals surface area contributed by atoms with Gasteiger partial charge in [0, 0.05) is 13.5 Å². The molecule has 1 aliphatic heterocycles. The first kappa shape index (κ1) is 14.3. The Balaban J connectivity index is 1.93. The molecule has 0 spiro atoms. The molecule has 0 aliphatic carbocycles. The van der Waals surface area contributed by atoms with Crippen molar-refractivity contribution in [1.29, 1.82) is 0 Å². The van der Waals surface area contributed by atoms with E-state index in [1.807, 2.05) is 0 Å². The van der Waals surface area contributed by atoms with Crippen LogP contribution in [0.3, 0.4) is 0 Å². The van der Waals surface area contributed by atoms with Crippen LogP contribution in [-0.4, -0.2) is 46.8 Å². The van der Waals surface area contributed by atoms with Crippen LogP contribution < -0.4 is 5.32 Å². The Morgan fingerprint density at radius 1 is 1.45 bits per heavy atom. The number of carbonyl (C=O) groups is 2. The van der Waals surface area contributed by atoms with Gasteiger partial charge >= 0.3 is 6.09 Å². The second-order valence-electron chi connectivity index (χ2n) is 4.61. The molecule has 2 amide bonds. The summed E-state index contributed by atoms with van der Waals surface area (Å²) in [5, 5.41) is 10.2. The molecular formula is C12H18N4O4. The Labute approximate surface area is 116 Å². The van der Waals surface area contributed by atoms with Crippen molar-refractivity contribution in [3.05, 3.63) is 11.8 Å². The van der Waals surface area contributed by atoms with E-state index in [4.69, 9.17) is 9.15 Å². The highest BCUT2D eigenvalue weighted by molar-refractivity contribution is 5.85. The van der Waals surface area contributed by atoms with Crippen LogP contribution in [0.5, 0.6) is 0 Å². The maximum Gasteiger partial charge on any atom is 0.410 e. The summed E-state index contributed by atoms with van der Waals surface area (Å²) in [6.45, 7) is 2.37. The summed E-state index contributed by atoms with van der Waals surface area (Å²) in [4.78, 5) is 25.3. The number of methoxy groups -OCH3 is 1. The lowest BCUT2D eigenvalue weighted by molar-refractivity contribution is -0.127. The number of piperidine rings is 1. The molecule has 8 nitrogen and oxygen atoms in total. The van der Waals surface area contributed by atoms with Gasteiger partial charge in [-0.2, -0.15) is 0 Å². The Kier molecular flexibility index (Phi) is 4.54.